The molecule has 1 aliphatic heterocycles. The van der Waals surface area contributed by atoms with E-state index in [2.05, 4.69) is 0 Å². The fraction of sp³-hybridized carbons (Fsp3) is 0.667. The van der Waals surface area contributed by atoms with Crippen molar-refractivity contribution in [1.82, 2.24) is 9.80 Å². The highest BCUT2D eigenvalue weighted by atomic mass is 16.4. The van der Waals surface area contributed by atoms with Gasteiger partial charge < -0.3 is 10.0 Å². The molecular weight excluding hydrogens is 220 g/mol. The second-order valence-corrected chi connectivity index (χ2v) is 5.04. The number of nitrogens with zero attached hydrogens (tertiary/aromatic N) is 2. The van der Waals surface area contributed by atoms with Gasteiger partial charge in [0.25, 0.3) is 0 Å². The molecule has 17 heavy (non-hydrogen) atoms. The maximum atomic E-state index is 12.0. The second kappa shape index (κ2) is 4.87. The van der Waals surface area contributed by atoms with Crippen LogP contribution in [0.3, 0.4) is 0 Å². The van der Waals surface area contributed by atoms with Gasteiger partial charge in [-0.25, -0.2) is 4.79 Å². The number of carbonyl (C=O) groups excluding carboxylic acids is 1. The Balaban J connectivity index is 2.78. The molecular formula is C12H20N2O3. The Morgan fingerprint density at radius 3 is 2.59 bits per heavy atom. The molecule has 0 unspecified atom stereocenters. The van der Waals surface area contributed by atoms with Crippen molar-refractivity contribution in [3.8, 4) is 0 Å². The zero-order valence-electron chi connectivity index (χ0n) is 10.9. The number of amides is 1. The van der Waals surface area contributed by atoms with Crippen LogP contribution in [0.4, 0.5) is 0 Å². The van der Waals surface area contributed by atoms with Crippen LogP contribution in [0.15, 0.2) is 11.6 Å². The van der Waals surface area contributed by atoms with Crippen molar-refractivity contribution < 1.29 is 14.7 Å². The summed E-state index contributed by atoms with van der Waals surface area (Å²) in [6.07, 6.45) is 1.19. The maximum Gasteiger partial charge on any atom is 0.328 e. The number of aliphatic carboxylic acids is 1. The highest BCUT2D eigenvalue weighted by Gasteiger charge is 2.40. The quantitative estimate of drug-likeness (QED) is 0.733. The van der Waals surface area contributed by atoms with Gasteiger partial charge in [-0.15, -0.1) is 0 Å². The van der Waals surface area contributed by atoms with Crippen molar-refractivity contribution in [2.45, 2.75) is 26.3 Å². The first-order valence-electron chi connectivity index (χ1n) is 5.66. The van der Waals surface area contributed by atoms with E-state index >= 15 is 0 Å². The third-order valence-corrected chi connectivity index (χ3v) is 3.18. The number of rotatable bonds is 3. The van der Waals surface area contributed by atoms with Gasteiger partial charge in [0.05, 0.1) is 5.54 Å². The molecule has 1 N–H and O–H groups in total. The van der Waals surface area contributed by atoms with Crippen molar-refractivity contribution >= 4 is 11.9 Å². The molecule has 0 aromatic heterocycles. The van der Waals surface area contributed by atoms with Gasteiger partial charge in [-0.3, -0.25) is 9.69 Å². The summed E-state index contributed by atoms with van der Waals surface area (Å²) in [4.78, 5) is 26.3. The highest BCUT2D eigenvalue weighted by molar-refractivity contribution is 5.86. The SMILES string of the molecule is CC(=CC(=O)O)CN1CCN(C)C(=O)C1(C)C. The maximum absolute atomic E-state index is 12.0. The van der Waals surface area contributed by atoms with E-state index in [-0.39, 0.29) is 5.91 Å². The Bertz CT molecular complexity index is 361. The van der Waals surface area contributed by atoms with Gasteiger partial charge in [0.15, 0.2) is 0 Å². The van der Waals surface area contributed by atoms with Crippen LogP contribution in [-0.4, -0.2) is 59.0 Å². The van der Waals surface area contributed by atoms with Crippen LogP contribution in [-0.2, 0) is 9.59 Å². The molecule has 1 saturated heterocycles. The summed E-state index contributed by atoms with van der Waals surface area (Å²) in [5.41, 5.74) is 0.184. The van der Waals surface area contributed by atoms with E-state index in [1.54, 1.807) is 18.9 Å². The minimum atomic E-state index is -0.944. The van der Waals surface area contributed by atoms with Crippen molar-refractivity contribution in [3.63, 3.8) is 0 Å². The average Bonchev–Trinajstić information content (AvgIpc) is 2.19. The highest BCUT2D eigenvalue weighted by Crippen LogP contribution is 2.22. The predicted octanol–water partition coefficient (Wildman–Crippen LogP) is 0.570. The molecule has 1 fully saturated rings. The smallest absolute Gasteiger partial charge is 0.328 e. The van der Waals surface area contributed by atoms with E-state index in [9.17, 15) is 9.59 Å². The molecule has 1 rings (SSSR count). The summed E-state index contributed by atoms with van der Waals surface area (Å²) in [5, 5.41) is 8.67. The first-order valence-corrected chi connectivity index (χ1v) is 5.66. The van der Waals surface area contributed by atoms with Gasteiger partial charge >= 0.3 is 5.97 Å². The molecule has 96 valence electrons. The summed E-state index contributed by atoms with van der Waals surface area (Å²) >= 11 is 0. The summed E-state index contributed by atoms with van der Waals surface area (Å²) < 4.78 is 0. The number of likely N-dealkylation sites (N-methyl/N-ethyl adjacent to an activating group) is 1. The van der Waals surface area contributed by atoms with Gasteiger partial charge in [0, 0.05) is 32.8 Å². The summed E-state index contributed by atoms with van der Waals surface area (Å²) in [7, 11) is 1.79. The number of hydrogen-bond acceptors (Lipinski definition) is 3. The monoisotopic (exact) mass is 240 g/mol. The van der Waals surface area contributed by atoms with E-state index in [1.807, 2.05) is 18.7 Å². The summed E-state index contributed by atoms with van der Waals surface area (Å²) in [6, 6.07) is 0. The summed E-state index contributed by atoms with van der Waals surface area (Å²) in [5.74, 6) is -0.868. The molecule has 5 nitrogen and oxygen atoms in total. The van der Waals surface area contributed by atoms with Gasteiger partial charge in [-0.05, 0) is 20.8 Å². The van der Waals surface area contributed by atoms with Crippen LogP contribution in [0.5, 0.6) is 0 Å². The molecule has 0 bridgehead atoms. The van der Waals surface area contributed by atoms with Gasteiger partial charge in [-0.1, -0.05) is 5.57 Å². The standard InChI is InChI=1S/C12H20N2O3/c1-9(7-10(15)16)8-14-6-5-13(4)11(17)12(14,2)3/h7H,5-6,8H2,1-4H3,(H,15,16). The first kappa shape index (κ1) is 13.7. The molecule has 1 aliphatic rings. The van der Waals surface area contributed by atoms with Crippen LogP contribution in [0.25, 0.3) is 0 Å². The Kier molecular flexibility index (Phi) is 3.93. The Morgan fingerprint density at radius 1 is 1.47 bits per heavy atom. The second-order valence-electron chi connectivity index (χ2n) is 5.04. The lowest BCUT2D eigenvalue weighted by Gasteiger charge is -2.44. The Morgan fingerprint density at radius 2 is 2.06 bits per heavy atom. The molecule has 0 spiro atoms. The van der Waals surface area contributed by atoms with Crippen molar-refractivity contribution in [2.24, 2.45) is 0 Å². The van der Waals surface area contributed by atoms with Crippen LogP contribution >= 0.6 is 0 Å². The Hall–Kier alpha value is -1.36. The van der Waals surface area contributed by atoms with E-state index in [4.69, 9.17) is 5.11 Å². The molecule has 0 aromatic rings. The minimum Gasteiger partial charge on any atom is -0.478 e. The van der Waals surface area contributed by atoms with E-state index in [0.717, 1.165) is 12.1 Å². The molecule has 0 radical (unpaired) electrons. The molecule has 1 amide bonds. The number of carbonyl (C=O) groups is 2. The molecule has 0 saturated carbocycles. The Labute approximate surface area is 102 Å². The van der Waals surface area contributed by atoms with Crippen molar-refractivity contribution in [3.05, 3.63) is 11.6 Å². The van der Waals surface area contributed by atoms with E-state index < -0.39 is 11.5 Å². The van der Waals surface area contributed by atoms with Gasteiger partial charge in [-0.2, -0.15) is 0 Å². The zero-order chi connectivity index (χ0) is 13.2. The molecule has 1 heterocycles. The normalized spacial score (nSPS) is 21.8. The predicted molar refractivity (Wildman–Crippen MR) is 64.7 cm³/mol. The van der Waals surface area contributed by atoms with E-state index in [0.29, 0.717) is 13.1 Å². The zero-order valence-corrected chi connectivity index (χ0v) is 10.9. The number of carboxylic acids is 1. The fourth-order valence-corrected chi connectivity index (χ4v) is 2.09. The topological polar surface area (TPSA) is 60.9 Å². The van der Waals surface area contributed by atoms with E-state index in [1.165, 1.54) is 6.08 Å². The third kappa shape index (κ3) is 3.06. The largest absolute Gasteiger partial charge is 0.478 e. The van der Waals surface area contributed by atoms with Crippen LogP contribution in [0, 0.1) is 0 Å². The lowest BCUT2D eigenvalue weighted by atomic mass is 9.97. The van der Waals surface area contributed by atoms with Crippen molar-refractivity contribution in [1.29, 1.82) is 0 Å². The lowest BCUT2D eigenvalue weighted by molar-refractivity contribution is -0.146. The fourth-order valence-electron chi connectivity index (χ4n) is 2.09. The van der Waals surface area contributed by atoms with Crippen LogP contribution in [0.2, 0.25) is 0 Å². The molecule has 0 atom stereocenters. The first-order chi connectivity index (χ1) is 7.75. The molecule has 0 aliphatic carbocycles. The molecule has 0 aromatic carbocycles. The minimum absolute atomic E-state index is 0.0758. The lowest BCUT2D eigenvalue weighted by Crippen LogP contribution is -2.62. The number of hydrogen-bond donors (Lipinski definition) is 1. The molecule has 5 heteroatoms. The van der Waals surface area contributed by atoms with Crippen LogP contribution < -0.4 is 0 Å². The summed E-state index contributed by atoms with van der Waals surface area (Å²) in [6.45, 7) is 7.48. The number of piperazine rings is 1. The third-order valence-electron chi connectivity index (χ3n) is 3.18. The van der Waals surface area contributed by atoms with Gasteiger partial charge in [0.2, 0.25) is 5.91 Å². The average molecular weight is 240 g/mol. The van der Waals surface area contributed by atoms with Crippen molar-refractivity contribution in [2.75, 3.05) is 26.7 Å². The van der Waals surface area contributed by atoms with Gasteiger partial charge in [0.1, 0.15) is 0 Å². The van der Waals surface area contributed by atoms with Crippen LogP contribution in [0.1, 0.15) is 20.8 Å². The number of carboxylic acid groups (broad SMARTS) is 1.